The molecular weight excluding hydrogens is 991 g/mol. The highest BCUT2D eigenvalue weighted by atomic mass is 35.7. The molecule has 382 valence electrons. The summed E-state index contributed by atoms with van der Waals surface area (Å²) in [4.78, 5) is 30.6. The van der Waals surface area contributed by atoms with Gasteiger partial charge in [-0.1, -0.05) is 49.2 Å². The number of nitrogens with zero attached hydrogens (tertiary/aromatic N) is 7. The maximum atomic E-state index is 13.3. The highest BCUT2D eigenvalue weighted by Crippen LogP contribution is 2.34. The summed E-state index contributed by atoms with van der Waals surface area (Å²) >= 11 is 12.2. The molecule has 4 aliphatic rings. The van der Waals surface area contributed by atoms with Crippen LogP contribution in [-0.4, -0.2) is 111 Å². The van der Waals surface area contributed by atoms with Crippen LogP contribution in [0, 0.1) is 11.8 Å². The molecule has 2 aliphatic heterocycles. The van der Waals surface area contributed by atoms with E-state index in [9.17, 15) is 26.4 Å². The Morgan fingerprint density at radius 2 is 1.06 bits per heavy atom. The van der Waals surface area contributed by atoms with Crippen LogP contribution in [0.25, 0.3) is 11.4 Å². The second kappa shape index (κ2) is 25.9. The van der Waals surface area contributed by atoms with Crippen molar-refractivity contribution >= 4 is 64.7 Å². The second-order valence-electron chi connectivity index (χ2n) is 18.3. The molecule has 23 heteroatoms. The molecular formula is C46H67Cl3N10O8S2. The minimum absolute atomic E-state index is 0.127. The summed E-state index contributed by atoms with van der Waals surface area (Å²) in [7, 11) is -2.25. The van der Waals surface area contributed by atoms with E-state index >= 15 is 0 Å². The average Bonchev–Trinajstić information content (AvgIpc) is 4.22. The summed E-state index contributed by atoms with van der Waals surface area (Å²) in [6.45, 7) is 15.3. The maximum Gasteiger partial charge on any atom is 0.316 e. The molecule has 4 heterocycles. The zero-order chi connectivity index (χ0) is 50.5. The summed E-state index contributed by atoms with van der Waals surface area (Å²) in [6.07, 6.45) is 11.5. The molecule has 4 N–H and O–H groups in total. The topological polar surface area (TPSA) is 216 Å². The van der Waals surface area contributed by atoms with Crippen molar-refractivity contribution in [3.8, 4) is 22.9 Å². The molecule has 0 radical (unpaired) electrons. The predicted octanol–water partition coefficient (Wildman–Crippen LogP) is 6.53. The summed E-state index contributed by atoms with van der Waals surface area (Å²) in [5, 5.41) is 9.83. The highest BCUT2D eigenvalue weighted by Gasteiger charge is 2.31. The molecule has 0 amide bonds. The minimum Gasteiger partial charge on any atom is -0.486 e. The number of hydrogen-bond donors (Lipinski definition) is 3. The average molecular weight is 1060 g/mol. The first-order valence-electron chi connectivity index (χ1n) is 23.4. The number of nitrogens with one attached hydrogen (secondary N) is 2. The molecule has 69 heavy (non-hydrogen) atoms. The van der Waals surface area contributed by atoms with E-state index in [0.717, 1.165) is 44.5 Å². The molecule has 0 atom stereocenters. The third-order valence-corrected chi connectivity index (χ3v) is 13.9. The summed E-state index contributed by atoms with van der Waals surface area (Å²) in [6, 6.07) is 14.1. The van der Waals surface area contributed by atoms with E-state index in [1.54, 1.807) is 76.5 Å². The van der Waals surface area contributed by atoms with E-state index in [4.69, 9.17) is 49.1 Å². The van der Waals surface area contributed by atoms with Gasteiger partial charge in [-0.25, -0.2) is 0 Å². The smallest absolute Gasteiger partial charge is 0.316 e. The zero-order valence-corrected chi connectivity index (χ0v) is 44.1. The van der Waals surface area contributed by atoms with Gasteiger partial charge >= 0.3 is 11.1 Å². The lowest BCUT2D eigenvalue weighted by molar-refractivity contribution is 0.292. The van der Waals surface area contributed by atoms with Gasteiger partial charge in [0.15, 0.2) is 0 Å². The van der Waals surface area contributed by atoms with Crippen LogP contribution in [-0.2, 0) is 19.4 Å². The lowest BCUT2D eigenvalue weighted by Crippen LogP contribution is -2.53. The SMILES string of the molecule is CC(C)N.CC(C)NS(=O)(=O)Cl.CC(C)NS(=O)(=O)N1CCN(c2cnn(-c3cccc(Cl)c3)c(=O)c2OCC2CC2)CC1.O=c1c(OCC2CC2)c(N2CCCCC2)cnn1-c1cccc(Cl)c1. The molecule has 2 aliphatic carbocycles. The van der Waals surface area contributed by atoms with Gasteiger partial charge in [-0.15, -0.1) is 0 Å². The Bertz CT molecular complexity index is 2630. The van der Waals surface area contributed by atoms with Gasteiger partial charge in [0.05, 0.1) is 37.0 Å². The normalized spacial score (nSPS) is 16.5. The number of nitrogens with two attached hydrogens (primary N) is 1. The Morgan fingerprint density at radius 3 is 1.41 bits per heavy atom. The molecule has 4 fully saturated rings. The van der Waals surface area contributed by atoms with Gasteiger partial charge < -0.3 is 25.0 Å². The minimum atomic E-state index is -3.54. The van der Waals surface area contributed by atoms with Crippen LogP contribution in [0.15, 0.2) is 70.5 Å². The van der Waals surface area contributed by atoms with Gasteiger partial charge in [0.1, 0.15) is 11.4 Å². The lowest BCUT2D eigenvalue weighted by Gasteiger charge is -2.36. The molecule has 2 aromatic heterocycles. The van der Waals surface area contributed by atoms with Crippen molar-refractivity contribution in [1.29, 1.82) is 0 Å². The van der Waals surface area contributed by atoms with Gasteiger partial charge in [0.25, 0.3) is 19.4 Å². The highest BCUT2D eigenvalue weighted by molar-refractivity contribution is 8.12. The molecule has 0 bridgehead atoms. The van der Waals surface area contributed by atoms with Crippen molar-refractivity contribution in [2.24, 2.45) is 17.6 Å². The van der Waals surface area contributed by atoms with Crippen LogP contribution >= 0.6 is 33.9 Å². The predicted molar refractivity (Wildman–Crippen MR) is 276 cm³/mol. The standard InChI is InChI=1S/C21H28ClN5O4S.C19H22ClN3O2.C3H8ClNO2S.C3H9N/c1-15(2)24-32(29,30)26-10-8-25(9-11-26)19-13-23-27(18-5-3-4-17(22)12-18)21(28)20(19)31-14-16-6-7-16;20-15-5-4-6-16(11-15)23-19(24)18(25-13-14-7-8-14)17(12-21-23)22-9-2-1-3-10-22;1-3(2)5-8(4,6)7;1-3(2)4/h3-5,12-13,15-16,24H,6-11,14H2,1-2H3;4-6,11-12,14H,1-3,7-10,13H2;3,5H,1-2H3;3H,4H2,1-2H3. The molecule has 2 aromatic carbocycles. The monoisotopic (exact) mass is 1060 g/mol. The number of benzene rings is 2. The maximum absolute atomic E-state index is 13.3. The van der Waals surface area contributed by atoms with E-state index in [-0.39, 0.29) is 29.0 Å². The van der Waals surface area contributed by atoms with Crippen LogP contribution < -0.4 is 45.6 Å². The van der Waals surface area contributed by atoms with Gasteiger partial charge in [0.2, 0.25) is 11.5 Å². The molecule has 2 saturated heterocycles. The third-order valence-electron chi connectivity index (χ3n) is 10.6. The van der Waals surface area contributed by atoms with Gasteiger partial charge in [-0.3, -0.25) is 9.59 Å². The first kappa shape index (κ1) is 55.9. The fourth-order valence-corrected chi connectivity index (χ4v) is 9.95. The largest absolute Gasteiger partial charge is 0.486 e. The molecule has 2 saturated carbocycles. The van der Waals surface area contributed by atoms with Crippen LogP contribution in [0.5, 0.6) is 11.5 Å². The number of rotatable bonds is 15. The number of piperazine rings is 1. The molecule has 8 rings (SSSR count). The summed E-state index contributed by atoms with van der Waals surface area (Å²) < 4.78 is 65.9. The Hall–Kier alpha value is -3.99. The fourth-order valence-electron chi connectivity index (χ4n) is 7.09. The number of anilines is 2. The van der Waals surface area contributed by atoms with Gasteiger partial charge in [-0.2, -0.15) is 50.1 Å². The molecule has 0 spiro atoms. The van der Waals surface area contributed by atoms with Crippen LogP contribution in [0.1, 0.15) is 86.5 Å². The van der Waals surface area contributed by atoms with Crippen LogP contribution in [0.4, 0.5) is 11.4 Å². The number of halogens is 3. The number of hydrogen-bond acceptors (Lipinski definition) is 13. The summed E-state index contributed by atoms with van der Waals surface area (Å²) in [5.74, 6) is 1.72. The van der Waals surface area contributed by atoms with Crippen LogP contribution in [0.3, 0.4) is 0 Å². The Balaban J connectivity index is 0.000000212. The Morgan fingerprint density at radius 1 is 0.652 bits per heavy atom. The van der Waals surface area contributed by atoms with Crippen molar-refractivity contribution in [2.45, 2.75) is 105 Å². The third kappa shape index (κ3) is 18.3. The van der Waals surface area contributed by atoms with E-state index in [2.05, 4.69) is 24.5 Å². The molecule has 4 aromatic rings. The van der Waals surface area contributed by atoms with Crippen molar-refractivity contribution in [3.05, 3.63) is 91.7 Å². The second-order valence-corrected chi connectivity index (χ2v) is 23.2. The van der Waals surface area contributed by atoms with E-state index in [1.165, 1.54) is 32.9 Å². The van der Waals surface area contributed by atoms with Gasteiger partial charge in [0, 0.05) is 72.1 Å². The lowest BCUT2D eigenvalue weighted by atomic mass is 10.1. The molecule has 18 nitrogen and oxygen atoms in total. The first-order valence-corrected chi connectivity index (χ1v) is 27.9. The quantitative estimate of drug-likeness (QED) is 0.108. The molecule has 0 unspecified atom stereocenters. The number of piperidine rings is 1. The Kier molecular flexibility index (Phi) is 21.0. The van der Waals surface area contributed by atoms with Crippen molar-refractivity contribution < 1.29 is 26.3 Å². The van der Waals surface area contributed by atoms with Crippen LogP contribution in [0.2, 0.25) is 10.0 Å². The van der Waals surface area contributed by atoms with Crippen molar-refractivity contribution in [2.75, 3.05) is 62.3 Å². The van der Waals surface area contributed by atoms with Crippen molar-refractivity contribution in [1.82, 2.24) is 33.3 Å². The van der Waals surface area contributed by atoms with Crippen molar-refractivity contribution in [3.63, 3.8) is 0 Å². The first-order chi connectivity index (χ1) is 32.6. The number of ether oxygens (including phenoxy) is 2. The fraction of sp³-hybridized carbons (Fsp3) is 0.565. The van der Waals surface area contributed by atoms with E-state index < -0.39 is 19.4 Å². The Labute approximate surface area is 421 Å². The zero-order valence-electron chi connectivity index (χ0n) is 40.2. The summed E-state index contributed by atoms with van der Waals surface area (Å²) in [5.41, 5.74) is 7.15. The number of aromatic nitrogens is 4. The van der Waals surface area contributed by atoms with E-state index in [1.807, 2.05) is 30.9 Å². The van der Waals surface area contributed by atoms with E-state index in [0.29, 0.717) is 90.1 Å². The van der Waals surface area contributed by atoms with Gasteiger partial charge in [-0.05, 0) is 127 Å².